The number of nitro groups is 1. The molecule has 1 fully saturated rings. The van der Waals surface area contributed by atoms with Crippen LogP contribution in [0.5, 0.6) is 0 Å². The highest BCUT2D eigenvalue weighted by Crippen LogP contribution is 2.30. The number of carbonyl (C=O) groups is 3. The third-order valence-electron chi connectivity index (χ3n) is 4.93. The van der Waals surface area contributed by atoms with Crippen molar-refractivity contribution in [3.05, 3.63) is 60.7 Å². The molecule has 158 valence electrons. The van der Waals surface area contributed by atoms with E-state index in [4.69, 9.17) is 0 Å². The van der Waals surface area contributed by atoms with Gasteiger partial charge in [0.05, 0.1) is 15.3 Å². The number of carbonyl (C=O) groups excluding carboxylic acids is 3. The molecule has 0 aliphatic carbocycles. The van der Waals surface area contributed by atoms with E-state index >= 15 is 0 Å². The number of non-ortho nitro benzene ring substituents is 1. The number of nitrogens with one attached hydrogen (secondary N) is 1. The predicted molar refractivity (Wildman–Crippen MR) is 114 cm³/mol. The molecule has 4 amide bonds. The molecule has 0 spiro atoms. The van der Waals surface area contributed by atoms with E-state index in [9.17, 15) is 24.5 Å². The predicted octanol–water partition coefficient (Wildman–Crippen LogP) is 3.23. The summed E-state index contributed by atoms with van der Waals surface area (Å²) in [4.78, 5) is 52.0. The highest BCUT2D eigenvalue weighted by Gasteiger charge is 2.49. The highest BCUT2D eigenvalue weighted by molar-refractivity contribution is 9.11. The molecule has 0 saturated carbocycles. The summed E-state index contributed by atoms with van der Waals surface area (Å²) in [6.45, 7) is 3.77. The van der Waals surface area contributed by atoms with E-state index in [0.29, 0.717) is 18.7 Å². The van der Waals surface area contributed by atoms with Crippen LogP contribution in [0.25, 0.3) is 0 Å². The second kappa shape index (κ2) is 8.52. The molecule has 2 heterocycles. The lowest BCUT2D eigenvalue weighted by molar-refractivity contribution is -0.384. The molecular formula is C19H19BrN4O5S. The summed E-state index contributed by atoms with van der Waals surface area (Å²) in [7, 11) is 0. The van der Waals surface area contributed by atoms with Crippen molar-refractivity contribution < 1.29 is 19.3 Å². The molecule has 0 radical (unpaired) electrons. The number of benzene rings is 1. The SMILES string of the molecule is CCN(Cc1ccc(Br)s1)C(=O)CN1C(=O)NC(C)(c2ccc([N+](=O)[O-])cc2)C1=O. The van der Waals surface area contributed by atoms with Crippen LogP contribution in [0, 0.1) is 10.1 Å². The maximum atomic E-state index is 13.0. The van der Waals surface area contributed by atoms with E-state index < -0.39 is 22.4 Å². The van der Waals surface area contributed by atoms with Crippen molar-refractivity contribution in [2.24, 2.45) is 0 Å². The van der Waals surface area contributed by atoms with Crippen molar-refractivity contribution in [3.8, 4) is 0 Å². The van der Waals surface area contributed by atoms with Gasteiger partial charge in [0.2, 0.25) is 5.91 Å². The van der Waals surface area contributed by atoms with E-state index in [1.165, 1.54) is 42.5 Å². The number of halogens is 1. The first-order valence-electron chi connectivity index (χ1n) is 9.06. The highest BCUT2D eigenvalue weighted by atomic mass is 79.9. The first-order valence-corrected chi connectivity index (χ1v) is 10.7. The summed E-state index contributed by atoms with van der Waals surface area (Å²) in [5, 5.41) is 13.4. The molecule has 1 N–H and O–H groups in total. The van der Waals surface area contributed by atoms with Crippen molar-refractivity contribution in [2.45, 2.75) is 25.9 Å². The van der Waals surface area contributed by atoms with Gasteiger partial charge in [0.15, 0.2) is 0 Å². The van der Waals surface area contributed by atoms with E-state index in [1.807, 2.05) is 19.1 Å². The normalized spacial score (nSPS) is 18.4. The molecule has 30 heavy (non-hydrogen) atoms. The minimum atomic E-state index is -1.40. The summed E-state index contributed by atoms with van der Waals surface area (Å²) in [6, 6.07) is 8.51. The van der Waals surface area contributed by atoms with Gasteiger partial charge < -0.3 is 10.2 Å². The number of nitro benzene ring substituents is 1. The zero-order chi connectivity index (χ0) is 22.1. The monoisotopic (exact) mass is 494 g/mol. The number of amides is 4. The van der Waals surface area contributed by atoms with Crippen molar-refractivity contribution >= 4 is 50.8 Å². The zero-order valence-corrected chi connectivity index (χ0v) is 18.7. The van der Waals surface area contributed by atoms with Crippen LogP contribution in [0.4, 0.5) is 10.5 Å². The lowest BCUT2D eigenvalue weighted by Gasteiger charge is -2.24. The second-order valence-electron chi connectivity index (χ2n) is 6.86. The Kier molecular flexibility index (Phi) is 6.22. The summed E-state index contributed by atoms with van der Waals surface area (Å²) < 4.78 is 0.953. The first-order chi connectivity index (χ1) is 14.2. The molecule has 0 bridgehead atoms. The van der Waals surface area contributed by atoms with Crippen LogP contribution in [0.1, 0.15) is 24.3 Å². The van der Waals surface area contributed by atoms with E-state index in [2.05, 4.69) is 21.2 Å². The Labute approximate surface area is 184 Å². The number of hydrogen-bond donors (Lipinski definition) is 1. The lowest BCUT2D eigenvalue weighted by Crippen LogP contribution is -2.44. The lowest BCUT2D eigenvalue weighted by atomic mass is 9.92. The average Bonchev–Trinajstić information content (AvgIpc) is 3.22. The van der Waals surface area contributed by atoms with Gasteiger partial charge in [0.25, 0.3) is 11.6 Å². The topological polar surface area (TPSA) is 113 Å². The number of rotatable bonds is 7. The molecule has 1 saturated heterocycles. The average molecular weight is 495 g/mol. The van der Waals surface area contributed by atoms with Gasteiger partial charge in [-0.05, 0) is 59.6 Å². The van der Waals surface area contributed by atoms with Gasteiger partial charge in [0, 0.05) is 23.6 Å². The summed E-state index contributed by atoms with van der Waals surface area (Å²) in [5.41, 5.74) is -1.12. The molecule has 9 nitrogen and oxygen atoms in total. The van der Waals surface area contributed by atoms with Crippen LogP contribution in [-0.4, -0.2) is 45.7 Å². The van der Waals surface area contributed by atoms with Crippen LogP contribution in [0.2, 0.25) is 0 Å². The Morgan fingerprint density at radius 1 is 1.27 bits per heavy atom. The second-order valence-corrected chi connectivity index (χ2v) is 9.41. The number of imide groups is 1. The third kappa shape index (κ3) is 4.21. The third-order valence-corrected chi connectivity index (χ3v) is 6.54. The van der Waals surface area contributed by atoms with Crippen molar-refractivity contribution in [1.29, 1.82) is 0 Å². The van der Waals surface area contributed by atoms with E-state index in [-0.39, 0.29) is 18.1 Å². The van der Waals surface area contributed by atoms with Gasteiger partial charge in [-0.3, -0.25) is 24.6 Å². The van der Waals surface area contributed by atoms with Crippen molar-refractivity contribution in [1.82, 2.24) is 15.1 Å². The van der Waals surface area contributed by atoms with Crippen LogP contribution in [0.3, 0.4) is 0 Å². The fraction of sp³-hybridized carbons (Fsp3) is 0.316. The molecule has 1 aromatic carbocycles. The molecular weight excluding hydrogens is 476 g/mol. The Morgan fingerprint density at radius 3 is 2.47 bits per heavy atom. The van der Waals surface area contributed by atoms with Gasteiger partial charge in [-0.25, -0.2) is 4.79 Å². The van der Waals surface area contributed by atoms with Crippen molar-refractivity contribution in [2.75, 3.05) is 13.1 Å². The minimum Gasteiger partial charge on any atom is -0.336 e. The quantitative estimate of drug-likeness (QED) is 0.360. The number of likely N-dealkylation sites (N-methyl/N-ethyl adjacent to an activating group) is 1. The van der Waals surface area contributed by atoms with Gasteiger partial charge in [-0.1, -0.05) is 0 Å². The maximum Gasteiger partial charge on any atom is 0.325 e. The van der Waals surface area contributed by atoms with Gasteiger partial charge in [0.1, 0.15) is 12.1 Å². The van der Waals surface area contributed by atoms with Gasteiger partial charge in [-0.2, -0.15) is 0 Å². The first kappa shape index (κ1) is 21.9. The van der Waals surface area contributed by atoms with Crippen LogP contribution in [0.15, 0.2) is 40.2 Å². The van der Waals surface area contributed by atoms with Gasteiger partial charge in [-0.15, -0.1) is 11.3 Å². The maximum absolute atomic E-state index is 13.0. The number of hydrogen-bond acceptors (Lipinski definition) is 6. The van der Waals surface area contributed by atoms with E-state index in [1.54, 1.807) is 4.90 Å². The van der Waals surface area contributed by atoms with Crippen molar-refractivity contribution in [3.63, 3.8) is 0 Å². The molecule has 1 unspecified atom stereocenters. The molecule has 3 rings (SSSR count). The minimum absolute atomic E-state index is 0.120. The Hall–Kier alpha value is -2.79. The molecule has 1 aromatic heterocycles. The smallest absolute Gasteiger partial charge is 0.325 e. The Balaban J connectivity index is 1.74. The summed E-state index contributed by atoms with van der Waals surface area (Å²) in [5.74, 6) is -0.928. The van der Waals surface area contributed by atoms with Crippen LogP contribution >= 0.6 is 27.3 Å². The fourth-order valence-electron chi connectivity index (χ4n) is 3.19. The van der Waals surface area contributed by atoms with E-state index in [0.717, 1.165) is 13.6 Å². The summed E-state index contributed by atoms with van der Waals surface area (Å²) in [6.07, 6.45) is 0. The fourth-order valence-corrected chi connectivity index (χ4v) is 4.69. The summed E-state index contributed by atoms with van der Waals surface area (Å²) >= 11 is 4.89. The largest absolute Gasteiger partial charge is 0.336 e. The molecule has 11 heteroatoms. The molecule has 2 aromatic rings. The van der Waals surface area contributed by atoms with Crippen LogP contribution in [-0.2, 0) is 21.7 Å². The Morgan fingerprint density at radius 2 is 1.93 bits per heavy atom. The molecule has 1 atom stereocenters. The number of thiophene rings is 1. The zero-order valence-electron chi connectivity index (χ0n) is 16.3. The van der Waals surface area contributed by atoms with Crippen LogP contribution < -0.4 is 5.32 Å². The number of urea groups is 1. The Bertz CT molecular complexity index is 1010. The van der Waals surface area contributed by atoms with Gasteiger partial charge >= 0.3 is 6.03 Å². The molecule has 1 aliphatic rings. The standard InChI is InChI=1S/C19H19BrN4O5S/c1-3-22(10-14-8-9-15(20)30-14)16(25)11-23-17(26)19(2,21-18(23)27)12-4-6-13(7-5-12)24(28)29/h4-9H,3,10-11H2,1-2H3,(H,21,27). The number of nitrogens with zero attached hydrogens (tertiary/aromatic N) is 3. The molecule has 1 aliphatic heterocycles.